The van der Waals surface area contributed by atoms with Crippen molar-refractivity contribution in [3.05, 3.63) is 36.4 Å². The topological polar surface area (TPSA) is 74.8 Å². The van der Waals surface area contributed by atoms with E-state index >= 15 is 0 Å². The van der Waals surface area contributed by atoms with E-state index in [0.29, 0.717) is 6.29 Å². The van der Waals surface area contributed by atoms with Gasteiger partial charge in [-0.3, -0.25) is 14.9 Å². The van der Waals surface area contributed by atoms with E-state index in [4.69, 9.17) is 9.48 Å². The van der Waals surface area contributed by atoms with Crippen LogP contribution in [-0.4, -0.2) is 44.5 Å². The van der Waals surface area contributed by atoms with Crippen molar-refractivity contribution in [1.82, 2.24) is 5.32 Å². The first-order chi connectivity index (χ1) is 13.5. The van der Waals surface area contributed by atoms with Crippen LogP contribution in [0.4, 0.5) is 11.4 Å². The molecule has 0 aromatic heterocycles. The lowest BCUT2D eigenvalue weighted by atomic mass is 10.1. The minimum atomic E-state index is -1.78. The molecule has 28 heavy (non-hydrogen) atoms. The quantitative estimate of drug-likeness (QED) is 0.488. The molecule has 3 rings (SSSR count). The zero-order valence-electron chi connectivity index (χ0n) is 17.2. The molecule has 7 heteroatoms. The number of nitrogens with zero attached hydrogens (tertiary/aromatic N) is 1. The molecule has 0 amide bonds. The van der Waals surface area contributed by atoms with Crippen molar-refractivity contribution < 1.29 is 9.53 Å². The second kappa shape index (κ2) is 8.97. The van der Waals surface area contributed by atoms with Gasteiger partial charge >= 0.3 is 5.97 Å². The van der Waals surface area contributed by atoms with Gasteiger partial charge in [0.1, 0.15) is 6.04 Å². The maximum Gasteiger partial charge on any atom is 0.323 e. The third kappa shape index (κ3) is 4.34. The van der Waals surface area contributed by atoms with Crippen molar-refractivity contribution in [1.29, 1.82) is 0 Å². The summed E-state index contributed by atoms with van der Waals surface area (Å²) < 4.78 is 10.0. The second-order valence-electron chi connectivity index (χ2n) is 7.54. The molecule has 2 aromatic rings. The molecule has 0 spiro atoms. The fraction of sp³-hybridized carbons (Fsp3) is 0.476. The van der Waals surface area contributed by atoms with Gasteiger partial charge in [0.05, 0.1) is 19.7 Å². The summed E-state index contributed by atoms with van der Waals surface area (Å²) in [5, 5.41) is 13.2. The van der Waals surface area contributed by atoms with Crippen LogP contribution in [0.25, 0.3) is 10.8 Å². The number of rotatable bonds is 6. The minimum Gasteiger partial charge on any atom is -0.468 e. The van der Waals surface area contributed by atoms with Crippen LogP contribution in [0, 0.1) is 5.92 Å². The lowest BCUT2D eigenvalue weighted by Crippen LogP contribution is -2.43. The Hall–Kier alpha value is -2.04. The van der Waals surface area contributed by atoms with E-state index in [1.807, 2.05) is 13.8 Å². The largest absolute Gasteiger partial charge is 0.468 e. The lowest BCUT2D eigenvalue weighted by Gasteiger charge is -2.32. The number of nitrogens with one attached hydrogen (secondary N) is 3. The van der Waals surface area contributed by atoms with Gasteiger partial charge in [-0.25, -0.2) is 0 Å². The number of benzene rings is 2. The molecule has 152 valence electrons. The van der Waals surface area contributed by atoms with Crippen LogP contribution in [0.15, 0.2) is 41.1 Å². The summed E-state index contributed by atoms with van der Waals surface area (Å²) in [6.45, 7) is 6.90. The summed E-state index contributed by atoms with van der Waals surface area (Å²) in [6, 6.07) is 12.4. The Kier molecular flexibility index (Phi) is 6.63. The zero-order valence-corrected chi connectivity index (χ0v) is 18.1. The lowest BCUT2D eigenvalue weighted by molar-refractivity contribution is -0.144. The molecular weight excluding hydrogens is 371 g/mol. The van der Waals surface area contributed by atoms with Gasteiger partial charge in [-0.15, -0.1) is 0 Å². The summed E-state index contributed by atoms with van der Waals surface area (Å²) in [5.41, 5.74) is 2.26. The van der Waals surface area contributed by atoms with E-state index in [2.05, 4.69) is 59.3 Å². The van der Waals surface area contributed by atoms with Crippen LogP contribution in [0.5, 0.6) is 0 Å². The molecular formula is C21H31N4O2P. The SMILES string of the molecule is CCN=P1(CN[C@H](C(=O)OC)C(C)C)CNc2cccc3cccc(c23)NC1. The van der Waals surface area contributed by atoms with Crippen LogP contribution in [-0.2, 0) is 9.53 Å². The van der Waals surface area contributed by atoms with Gasteiger partial charge < -0.3 is 15.4 Å². The monoisotopic (exact) mass is 402 g/mol. The number of esters is 1. The van der Waals surface area contributed by atoms with Crippen molar-refractivity contribution in [2.45, 2.75) is 26.8 Å². The Bertz CT molecular complexity index is 850. The highest BCUT2D eigenvalue weighted by molar-refractivity contribution is 7.66. The van der Waals surface area contributed by atoms with Gasteiger partial charge in [-0.1, -0.05) is 38.1 Å². The highest BCUT2D eigenvalue weighted by Gasteiger charge is 2.28. The molecule has 0 bridgehead atoms. The first kappa shape index (κ1) is 20.7. The highest BCUT2D eigenvalue weighted by atomic mass is 31.2. The van der Waals surface area contributed by atoms with Gasteiger partial charge in [-0.2, -0.15) is 0 Å². The number of hydrogen-bond acceptors (Lipinski definition) is 6. The van der Waals surface area contributed by atoms with Crippen LogP contribution >= 0.6 is 7.05 Å². The number of anilines is 2. The molecule has 0 radical (unpaired) electrons. The molecule has 1 aliphatic heterocycles. The fourth-order valence-electron chi connectivity index (χ4n) is 3.70. The predicted molar refractivity (Wildman–Crippen MR) is 119 cm³/mol. The van der Waals surface area contributed by atoms with Crippen molar-refractivity contribution in [2.24, 2.45) is 10.7 Å². The summed E-state index contributed by atoms with van der Waals surface area (Å²) in [7, 11) is -0.342. The fourth-order valence-corrected chi connectivity index (χ4v) is 6.41. The number of carbonyl (C=O) groups excluding carboxylic acids is 1. The molecule has 1 atom stereocenters. The van der Waals surface area contributed by atoms with Crippen molar-refractivity contribution in [2.75, 3.05) is 43.1 Å². The number of ether oxygens (including phenoxy) is 1. The van der Waals surface area contributed by atoms with E-state index in [9.17, 15) is 4.79 Å². The Morgan fingerprint density at radius 2 is 1.79 bits per heavy atom. The van der Waals surface area contributed by atoms with Gasteiger partial charge in [0.25, 0.3) is 0 Å². The number of carbonyl (C=O) groups is 1. The molecule has 6 nitrogen and oxygen atoms in total. The standard InChI is InChI=1S/C21H31N4O2P/c1-5-25-28(14-24-20(15(2)3)21(26)27-4)12-22-17-10-6-8-16-9-7-11-18(19(16)17)23-13-28/h6-11,15,20,22-24H,5,12-14H2,1-4H3/t20-/m0/s1. The molecule has 0 unspecified atom stereocenters. The van der Waals surface area contributed by atoms with Crippen LogP contribution in [0.2, 0.25) is 0 Å². The predicted octanol–water partition coefficient (Wildman–Crippen LogP) is 4.56. The third-order valence-electron chi connectivity index (χ3n) is 5.20. The van der Waals surface area contributed by atoms with E-state index in [0.717, 1.165) is 30.5 Å². The van der Waals surface area contributed by atoms with Gasteiger partial charge in [-0.05, 0) is 30.4 Å². The average molecular weight is 402 g/mol. The van der Waals surface area contributed by atoms with Crippen molar-refractivity contribution in [3.63, 3.8) is 0 Å². The van der Waals surface area contributed by atoms with E-state index < -0.39 is 7.05 Å². The Labute approximate surface area is 167 Å². The molecule has 1 heterocycles. The third-order valence-corrected chi connectivity index (χ3v) is 8.35. The van der Waals surface area contributed by atoms with E-state index in [-0.39, 0.29) is 17.9 Å². The molecule has 0 saturated carbocycles. The van der Waals surface area contributed by atoms with Gasteiger partial charge in [0, 0.05) is 36.6 Å². The maximum atomic E-state index is 12.2. The number of hydrogen-bond donors (Lipinski definition) is 3. The van der Waals surface area contributed by atoms with Crippen molar-refractivity contribution >= 4 is 35.2 Å². The molecule has 0 aliphatic carbocycles. The molecule has 3 N–H and O–H groups in total. The molecule has 1 aliphatic rings. The first-order valence-corrected chi connectivity index (χ1v) is 12.1. The van der Waals surface area contributed by atoms with Crippen LogP contribution in [0.3, 0.4) is 0 Å². The highest BCUT2D eigenvalue weighted by Crippen LogP contribution is 2.50. The normalized spacial score (nSPS) is 16.5. The Morgan fingerprint density at radius 1 is 1.18 bits per heavy atom. The first-order valence-electron chi connectivity index (χ1n) is 9.85. The van der Waals surface area contributed by atoms with E-state index in [1.165, 1.54) is 17.9 Å². The number of methoxy groups -OCH3 is 1. The van der Waals surface area contributed by atoms with Crippen LogP contribution < -0.4 is 16.0 Å². The Balaban J connectivity index is 1.89. The molecule has 0 saturated heterocycles. The summed E-state index contributed by atoms with van der Waals surface area (Å²) in [4.78, 5) is 12.2. The van der Waals surface area contributed by atoms with Gasteiger partial charge in [0.2, 0.25) is 0 Å². The van der Waals surface area contributed by atoms with Crippen molar-refractivity contribution in [3.8, 4) is 0 Å². The summed E-state index contributed by atoms with van der Waals surface area (Å²) in [5.74, 6) is -0.0630. The zero-order chi connectivity index (χ0) is 20.1. The average Bonchev–Trinajstić information content (AvgIpc) is 2.69. The van der Waals surface area contributed by atoms with Crippen LogP contribution in [0.1, 0.15) is 20.8 Å². The molecule has 2 aromatic carbocycles. The smallest absolute Gasteiger partial charge is 0.323 e. The maximum absolute atomic E-state index is 12.2. The second-order valence-corrected chi connectivity index (χ2v) is 11.0. The van der Waals surface area contributed by atoms with E-state index in [1.54, 1.807) is 0 Å². The minimum absolute atomic E-state index is 0.152. The Morgan fingerprint density at radius 3 is 2.29 bits per heavy atom. The summed E-state index contributed by atoms with van der Waals surface area (Å²) >= 11 is 0. The molecule has 0 fully saturated rings. The summed E-state index contributed by atoms with van der Waals surface area (Å²) in [6.07, 6.45) is 2.28. The van der Waals surface area contributed by atoms with Gasteiger partial charge in [0.15, 0.2) is 0 Å².